The summed E-state index contributed by atoms with van der Waals surface area (Å²) >= 11 is 0. The van der Waals surface area contributed by atoms with Gasteiger partial charge in [-0.3, -0.25) is 4.79 Å². The van der Waals surface area contributed by atoms with Crippen molar-refractivity contribution in [1.29, 1.82) is 0 Å². The molecule has 0 aliphatic heterocycles. The van der Waals surface area contributed by atoms with E-state index in [1.54, 1.807) is 30.5 Å². The molecule has 2 aromatic carbocycles. The van der Waals surface area contributed by atoms with Gasteiger partial charge in [0.15, 0.2) is 6.61 Å². The smallest absolute Gasteiger partial charge is 0.340 e. The fraction of sp³-hybridized carbons (Fsp3) is 0.250. The molecule has 0 radical (unpaired) electrons. The SMILES string of the molecule is O=C(COC(=O)c1ccccc1NCc1ccco1)N[C@H]1CCCc2ccccc21. The number of carbonyl (C=O) groups excluding carboxylic acids is 2. The van der Waals surface area contributed by atoms with E-state index in [1.807, 2.05) is 30.3 Å². The number of benzene rings is 2. The molecule has 0 unspecified atom stereocenters. The van der Waals surface area contributed by atoms with E-state index in [0.29, 0.717) is 17.8 Å². The van der Waals surface area contributed by atoms with E-state index in [0.717, 1.165) is 30.6 Å². The lowest BCUT2D eigenvalue weighted by molar-refractivity contribution is -0.125. The predicted octanol–water partition coefficient (Wildman–Crippen LogP) is 4.24. The van der Waals surface area contributed by atoms with Crippen molar-refractivity contribution in [2.45, 2.75) is 31.8 Å². The average molecular weight is 404 g/mol. The van der Waals surface area contributed by atoms with Crippen LogP contribution < -0.4 is 10.6 Å². The zero-order valence-electron chi connectivity index (χ0n) is 16.6. The van der Waals surface area contributed by atoms with E-state index in [1.165, 1.54) is 5.56 Å². The van der Waals surface area contributed by atoms with Gasteiger partial charge in [0, 0.05) is 5.69 Å². The number of furan rings is 1. The van der Waals surface area contributed by atoms with Crippen molar-refractivity contribution < 1.29 is 18.7 Å². The number of hydrogen-bond acceptors (Lipinski definition) is 5. The van der Waals surface area contributed by atoms with Crippen molar-refractivity contribution in [2.24, 2.45) is 0 Å². The third-order valence-electron chi connectivity index (χ3n) is 5.22. The number of fused-ring (bicyclic) bond motifs is 1. The number of aryl methyl sites for hydroxylation is 1. The fourth-order valence-electron chi connectivity index (χ4n) is 3.76. The fourth-order valence-corrected chi connectivity index (χ4v) is 3.76. The summed E-state index contributed by atoms with van der Waals surface area (Å²) in [5.74, 6) is -0.0897. The second kappa shape index (κ2) is 9.31. The molecule has 1 aliphatic carbocycles. The summed E-state index contributed by atoms with van der Waals surface area (Å²) in [6.07, 6.45) is 4.53. The molecule has 0 saturated heterocycles. The molecular weight excluding hydrogens is 380 g/mol. The maximum absolute atomic E-state index is 12.6. The van der Waals surface area contributed by atoms with E-state index in [-0.39, 0.29) is 18.6 Å². The number of hydrogen-bond donors (Lipinski definition) is 2. The molecule has 0 fully saturated rings. The minimum Gasteiger partial charge on any atom is -0.467 e. The summed E-state index contributed by atoms with van der Waals surface area (Å²) in [6.45, 7) is 0.128. The van der Waals surface area contributed by atoms with E-state index in [4.69, 9.17) is 9.15 Å². The molecule has 1 heterocycles. The molecule has 30 heavy (non-hydrogen) atoms. The van der Waals surface area contributed by atoms with E-state index >= 15 is 0 Å². The van der Waals surface area contributed by atoms with Crippen molar-refractivity contribution in [1.82, 2.24) is 5.32 Å². The molecule has 6 nitrogen and oxygen atoms in total. The number of amides is 1. The van der Waals surface area contributed by atoms with E-state index in [2.05, 4.69) is 16.7 Å². The van der Waals surface area contributed by atoms with Crippen LogP contribution >= 0.6 is 0 Å². The first kappa shape index (κ1) is 19.8. The van der Waals surface area contributed by atoms with Gasteiger partial charge < -0.3 is 19.8 Å². The van der Waals surface area contributed by atoms with Gasteiger partial charge in [-0.2, -0.15) is 0 Å². The van der Waals surface area contributed by atoms with E-state index < -0.39 is 5.97 Å². The number of rotatable bonds is 7. The van der Waals surface area contributed by atoms with Crippen molar-refractivity contribution >= 4 is 17.6 Å². The highest BCUT2D eigenvalue weighted by Gasteiger charge is 2.22. The Bertz CT molecular complexity index is 1010. The molecule has 0 saturated carbocycles. The lowest BCUT2D eigenvalue weighted by atomic mass is 9.88. The minimum atomic E-state index is -0.545. The molecule has 1 aromatic heterocycles. The predicted molar refractivity (Wildman–Crippen MR) is 113 cm³/mol. The van der Waals surface area contributed by atoms with Crippen LogP contribution in [0.4, 0.5) is 5.69 Å². The summed E-state index contributed by atoms with van der Waals surface area (Å²) in [5, 5.41) is 6.16. The average Bonchev–Trinajstić information content (AvgIpc) is 3.30. The lowest BCUT2D eigenvalue weighted by Gasteiger charge is -2.26. The van der Waals surface area contributed by atoms with Crippen molar-refractivity contribution in [3.63, 3.8) is 0 Å². The third kappa shape index (κ3) is 4.71. The van der Waals surface area contributed by atoms with Gasteiger partial charge in [-0.05, 0) is 54.7 Å². The molecule has 0 bridgehead atoms. The Morgan fingerprint density at radius 1 is 1.03 bits per heavy atom. The Balaban J connectivity index is 1.33. The Labute approximate surface area is 175 Å². The molecule has 6 heteroatoms. The highest BCUT2D eigenvalue weighted by molar-refractivity contribution is 5.96. The number of carbonyl (C=O) groups is 2. The van der Waals surface area contributed by atoms with Crippen LogP contribution in [0.2, 0.25) is 0 Å². The number of esters is 1. The van der Waals surface area contributed by atoms with Crippen LogP contribution in [0.3, 0.4) is 0 Å². The summed E-state index contributed by atoms with van der Waals surface area (Å²) in [5.41, 5.74) is 3.42. The molecule has 1 atom stereocenters. The normalized spacial score (nSPS) is 15.1. The Morgan fingerprint density at radius 2 is 1.87 bits per heavy atom. The first-order chi connectivity index (χ1) is 14.7. The van der Waals surface area contributed by atoms with E-state index in [9.17, 15) is 9.59 Å². The number of anilines is 1. The quantitative estimate of drug-likeness (QED) is 0.576. The van der Waals surface area contributed by atoms with Gasteiger partial charge in [0.2, 0.25) is 0 Å². The zero-order chi connectivity index (χ0) is 20.8. The third-order valence-corrected chi connectivity index (χ3v) is 5.22. The van der Waals surface area contributed by atoms with Gasteiger partial charge >= 0.3 is 5.97 Å². The van der Waals surface area contributed by atoms with Crippen LogP contribution in [0.1, 0.15) is 46.1 Å². The first-order valence-electron chi connectivity index (χ1n) is 10.1. The van der Waals surface area contributed by atoms with Crippen LogP contribution in [0, 0.1) is 0 Å². The van der Waals surface area contributed by atoms with Gasteiger partial charge in [0.05, 0.1) is 24.4 Å². The molecule has 0 spiro atoms. The standard InChI is InChI=1S/C24H24N2O4/c27-23(26-22-13-5-8-17-7-1-2-10-19(17)22)16-30-24(28)20-11-3-4-12-21(20)25-15-18-9-6-14-29-18/h1-4,6-7,9-12,14,22,25H,5,8,13,15-16H2,(H,26,27)/t22-/m0/s1. The van der Waals surface area contributed by atoms with Gasteiger partial charge in [0.1, 0.15) is 5.76 Å². The minimum absolute atomic E-state index is 0.0385. The van der Waals surface area contributed by atoms with Gasteiger partial charge in [-0.25, -0.2) is 4.79 Å². The monoisotopic (exact) mass is 404 g/mol. The summed E-state index contributed by atoms with van der Waals surface area (Å²) in [4.78, 5) is 25.0. The van der Waals surface area contributed by atoms with Crippen molar-refractivity contribution in [2.75, 3.05) is 11.9 Å². The van der Waals surface area contributed by atoms with Gasteiger partial charge in [-0.15, -0.1) is 0 Å². The molecule has 154 valence electrons. The molecule has 1 aliphatic rings. The van der Waals surface area contributed by atoms with Gasteiger partial charge in [0.25, 0.3) is 5.91 Å². The maximum Gasteiger partial charge on any atom is 0.340 e. The van der Waals surface area contributed by atoms with Gasteiger partial charge in [-0.1, -0.05) is 36.4 Å². The molecule has 1 amide bonds. The van der Waals surface area contributed by atoms with Crippen LogP contribution in [0.25, 0.3) is 0 Å². The number of para-hydroxylation sites is 1. The first-order valence-corrected chi connectivity index (χ1v) is 10.1. The van der Waals surface area contributed by atoms with Crippen LogP contribution in [-0.4, -0.2) is 18.5 Å². The Hall–Kier alpha value is -3.54. The zero-order valence-corrected chi connectivity index (χ0v) is 16.6. The largest absolute Gasteiger partial charge is 0.467 e. The molecular formula is C24H24N2O4. The lowest BCUT2D eigenvalue weighted by Crippen LogP contribution is -2.34. The number of nitrogens with one attached hydrogen (secondary N) is 2. The Kier molecular flexibility index (Phi) is 6.13. The van der Waals surface area contributed by atoms with Crippen LogP contribution in [0.5, 0.6) is 0 Å². The van der Waals surface area contributed by atoms with Crippen LogP contribution in [0.15, 0.2) is 71.3 Å². The highest BCUT2D eigenvalue weighted by Crippen LogP contribution is 2.29. The van der Waals surface area contributed by atoms with Crippen molar-refractivity contribution in [3.8, 4) is 0 Å². The maximum atomic E-state index is 12.6. The second-order valence-corrected chi connectivity index (χ2v) is 7.27. The highest BCUT2D eigenvalue weighted by atomic mass is 16.5. The van der Waals surface area contributed by atoms with Crippen LogP contribution in [-0.2, 0) is 22.5 Å². The van der Waals surface area contributed by atoms with Crippen molar-refractivity contribution in [3.05, 3.63) is 89.4 Å². The number of ether oxygens (including phenoxy) is 1. The second-order valence-electron chi connectivity index (χ2n) is 7.27. The molecule has 3 aromatic rings. The topological polar surface area (TPSA) is 80.6 Å². The summed E-state index contributed by atoms with van der Waals surface area (Å²) < 4.78 is 10.6. The summed E-state index contributed by atoms with van der Waals surface area (Å²) in [7, 11) is 0. The molecule has 4 rings (SSSR count). The Morgan fingerprint density at radius 3 is 2.73 bits per heavy atom. The molecule has 2 N–H and O–H groups in total. The summed E-state index contributed by atoms with van der Waals surface area (Å²) in [6, 6.07) is 18.8.